The van der Waals surface area contributed by atoms with Crippen molar-refractivity contribution in [3.8, 4) is 0 Å². The van der Waals surface area contributed by atoms with Crippen LogP contribution >= 0.6 is 0 Å². The second kappa shape index (κ2) is 5.57. The zero-order chi connectivity index (χ0) is 13.8. The fraction of sp³-hybridized carbons (Fsp3) is 0.167. The van der Waals surface area contributed by atoms with Gasteiger partial charge in [-0.25, -0.2) is 19.6 Å². The zero-order valence-electron chi connectivity index (χ0n) is 10.2. The number of pyridine rings is 2. The van der Waals surface area contributed by atoms with Crippen LogP contribution in [0.1, 0.15) is 11.1 Å². The molecule has 0 aliphatic carbocycles. The lowest BCUT2D eigenvalue weighted by Crippen LogP contribution is -2.13. The van der Waals surface area contributed by atoms with Gasteiger partial charge in [-0.1, -0.05) is 0 Å². The number of rotatable bonds is 4. The number of aromatic nitrogens is 2. The molecule has 0 unspecified atom stereocenters. The minimum absolute atomic E-state index is 0.0717. The molecule has 0 fully saturated rings. The summed E-state index contributed by atoms with van der Waals surface area (Å²) in [6, 6.07) is 2.57. The maximum absolute atomic E-state index is 13.5. The van der Waals surface area contributed by atoms with E-state index in [-0.39, 0.29) is 11.6 Å². The summed E-state index contributed by atoms with van der Waals surface area (Å²) in [4.78, 5) is 7.70. The van der Waals surface area contributed by atoms with E-state index in [1.807, 2.05) is 13.0 Å². The van der Waals surface area contributed by atoms with E-state index in [2.05, 4.69) is 20.7 Å². The van der Waals surface area contributed by atoms with Gasteiger partial charge in [-0.2, -0.15) is 0 Å². The summed E-state index contributed by atoms with van der Waals surface area (Å²) in [5, 5.41) is 2.78. The number of hydrazine groups is 1. The van der Waals surface area contributed by atoms with Gasteiger partial charge in [-0.05, 0) is 24.1 Å². The number of nitrogens with one attached hydrogen (secondary N) is 2. The number of nitrogens with zero attached hydrogens (tertiary/aromatic N) is 2. The van der Waals surface area contributed by atoms with Gasteiger partial charge < -0.3 is 10.7 Å². The average molecular weight is 265 g/mol. The Labute approximate surface area is 108 Å². The van der Waals surface area contributed by atoms with Gasteiger partial charge in [-0.3, -0.25) is 4.98 Å². The van der Waals surface area contributed by atoms with Crippen LogP contribution in [0.3, 0.4) is 0 Å². The predicted octanol–water partition coefficient (Wildman–Crippen LogP) is 1.96. The summed E-state index contributed by atoms with van der Waals surface area (Å²) in [6.07, 6.45) is 3.35. The molecule has 0 aromatic carbocycles. The SMILES string of the molecule is Cc1ccncc1CNc1nc(NN)c(F)cc1F. The Morgan fingerprint density at radius 2 is 2.00 bits per heavy atom. The topological polar surface area (TPSA) is 75.9 Å². The summed E-state index contributed by atoms with van der Waals surface area (Å²) in [6.45, 7) is 2.25. The van der Waals surface area contributed by atoms with E-state index in [0.29, 0.717) is 6.54 Å². The maximum Gasteiger partial charge on any atom is 0.178 e. The van der Waals surface area contributed by atoms with Crippen molar-refractivity contribution in [2.45, 2.75) is 13.5 Å². The molecule has 5 nitrogen and oxygen atoms in total. The Hall–Kier alpha value is -2.28. The van der Waals surface area contributed by atoms with Gasteiger partial charge >= 0.3 is 0 Å². The van der Waals surface area contributed by atoms with E-state index in [0.717, 1.165) is 17.2 Å². The third-order valence-corrected chi connectivity index (χ3v) is 2.66. The fourth-order valence-electron chi connectivity index (χ4n) is 1.55. The van der Waals surface area contributed by atoms with Crippen molar-refractivity contribution < 1.29 is 8.78 Å². The van der Waals surface area contributed by atoms with E-state index in [1.165, 1.54) is 0 Å². The minimum atomic E-state index is -0.844. The normalized spacial score (nSPS) is 10.3. The maximum atomic E-state index is 13.5. The van der Waals surface area contributed by atoms with E-state index < -0.39 is 11.6 Å². The Bertz CT molecular complexity index is 588. The summed E-state index contributed by atoms with van der Waals surface area (Å²) >= 11 is 0. The van der Waals surface area contributed by atoms with Crippen molar-refractivity contribution in [3.63, 3.8) is 0 Å². The number of anilines is 2. The highest BCUT2D eigenvalue weighted by Crippen LogP contribution is 2.19. The molecule has 100 valence electrons. The first kappa shape index (κ1) is 13.2. The predicted molar refractivity (Wildman–Crippen MR) is 68.3 cm³/mol. The summed E-state index contributed by atoms with van der Waals surface area (Å²) in [7, 11) is 0. The molecule has 0 saturated heterocycles. The van der Waals surface area contributed by atoms with Crippen LogP contribution in [-0.2, 0) is 6.54 Å². The van der Waals surface area contributed by atoms with Crippen LogP contribution in [0.5, 0.6) is 0 Å². The number of nitrogen functional groups attached to an aromatic ring is 1. The lowest BCUT2D eigenvalue weighted by Gasteiger charge is -2.10. The van der Waals surface area contributed by atoms with Crippen LogP contribution in [0.2, 0.25) is 0 Å². The van der Waals surface area contributed by atoms with E-state index >= 15 is 0 Å². The third-order valence-electron chi connectivity index (χ3n) is 2.66. The first-order chi connectivity index (χ1) is 9.11. The molecule has 7 heteroatoms. The molecule has 2 aromatic heterocycles. The van der Waals surface area contributed by atoms with Gasteiger partial charge in [0.2, 0.25) is 0 Å². The molecule has 2 rings (SSSR count). The lowest BCUT2D eigenvalue weighted by atomic mass is 10.1. The molecule has 0 saturated carbocycles. The van der Waals surface area contributed by atoms with Crippen LogP contribution in [-0.4, -0.2) is 9.97 Å². The van der Waals surface area contributed by atoms with E-state index in [9.17, 15) is 8.78 Å². The second-order valence-corrected chi connectivity index (χ2v) is 3.95. The number of halogens is 2. The van der Waals surface area contributed by atoms with Crippen LogP contribution in [0.15, 0.2) is 24.5 Å². The number of aryl methyl sites for hydroxylation is 1. The number of nitrogens with two attached hydrogens (primary N) is 1. The van der Waals surface area contributed by atoms with Crippen LogP contribution in [0, 0.1) is 18.6 Å². The van der Waals surface area contributed by atoms with Crippen LogP contribution in [0.25, 0.3) is 0 Å². The highest BCUT2D eigenvalue weighted by Gasteiger charge is 2.11. The summed E-state index contributed by atoms with van der Waals surface area (Å²) in [5.41, 5.74) is 3.98. The zero-order valence-corrected chi connectivity index (χ0v) is 10.2. The molecule has 2 aromatic rings. The number of hydrogen-bond donors (Lipinski definition) is 3. The first-order valence-corrected chi connectivity index (χ1v) is 5.58. The van der Waals surface area contributed by atoms with Crippen molar-refractivity contribution in [2.75, 3.05) is 10.7 Å². The largest absolute Gasteiger partial charge is 0.363 e. The molecular weight excluding hydrogens is 252 g/mol. The molecule has 4 N–H and O–H groups in total. The van der Waals surface area contributed by atoms with Gasteiger partial charge in [-0.15, -0.1) is 0 Å². The highest BCUT2D eigenvalue weighted by molar-refractivity contribution is 5.47. The Morgan fingerprint density at radius 1 is 1.26 bits per heavy atom. The van der Waals surface area contributed by atoms with Gasteiger partial charge in [0.25, 0.3) is 0 Å². The van der Waals surface area contributed by atoms with Crippen molar-refractivity contribution in [3.05, 3.63) is 47.3 Å². The Kier molecular flexibility index (Phi) is 3.86. The van der Waals surface area contributed by atoms with Gasteiger partial charge in [0.05, 0.1) is 0 Å². The molecule has 0 bridgehead atoms. The standard InChI is InChI=1S/C12H13F2N5/c1-7-2-3-16-5-8(7)6-17-11-9(13)4-10(14)12(18-11)19-15/h2-5H,6,15H2,1H3,(H2,17,18,19). The molecular formula is C12H13F2N5. The molecule has 0 aliphatic rings. The van der Waals surface area contributed by atoms with E-state index in [1.54, 1.807) is 12.4 Å². The highest BCUT2D eigenvalue weighted by atomic mass is 19.1. The van der Waals surface area contributed by atoms with Crippen molar-refractivity contribution in [1.82, 2.24) is 9.97 Å². The molecule has 0 amide bonds. The molecule has 0 aliphatic heterocycles. The Balaban J connectivity index is 2.18. The monoisotopic (exact) mass is 265 g/mol. The van der Waals surface area contributed by atoms with Gasteiger partial charge in [0.15, 0.2) is 23.3 Å². The van der Waals surface area contributed by atoms with Crippen LogP contribution < -0.4 is 16.6 Å². The fourth-order valence-corrected chi connectivity index (χ4v) is 1.55. The summed E-state index contributed by atoms with van der Waals surface area (Å²) in [5.74, 6) is 3.18. The van der Waals surface area contributed by atoms with Gasteiger partial charge in [0, 0.05) is 25.0 Å². The third kappa shape index (κ3) is 2.94. The van der Waals surface area contributed by atoms with Gasteiger partial charge in [0.1, 0.15) is 0 Å². The molecule has 19 heavy (non-hydrogen) atoms. The van der Waals surface area contributed by atoms with Crippen molar-refractivity contribution in [2.24, 2.45) is 5.84 Å². The minimum Gasteiger partial charge on any atom is -0.363 e. The molecule has 0 spiro atoms. The quantitative estimate of drug-likeness (QED) is 0.582. The molecule has 0 atom stereocenters. The van der Waals surface area contributed by atoms with E-state index in [4.69, 9.17) is 5.84 Å². The average Bonchev–Trinajstić information content (AvgIpc) is 2.39. The summed E-state index contributed by atoms with van der Waals surface area (Å²) < 4.78 is 26.7. The lowest BCUT2D eigenvalue weighted by molar-refractivity contribution is 0.578. The number of hydrogen-bond acceptors (Lipinski definition) is 5. The molecule has 0 radical (unpaired) electrons. The molecule has 2 heterocycles. The van der Waals surface area contributed by atoms with Crippen LogP contribution in [0.4, 0.5) is 20.4 Å². The Morgan fingerprint density at radius 3 is 2.68 bits per heavy atom. The second-order valence-electron chi connectivity index (χ2n) is 3.95. The first-order valence-electron chi connectivity index (χ1n) is 5.58. The van der Waals surface area contributed by atoms with Crippen molar-refractivity contribution >= 4 is 11.6 Å². The van der Waals surface area contributed by atoms with Crippen molar-refractivity contribution in [1.29, 1.82) is 0 Å². The smallest absolute Gasteiger partial charge is 0.178 e.